The summed E-state index contributed by atoms with van der Waals surface area (Å²) >= 11 is 5.22. The number of ether oxygens (including phenoxy) is 1. The summed E-state index contributed by atoms with van der Waals surface area (Å²) < 4.78 is 6.43. The lowest BCUT2D eigenvalue weighted by Gasteiger charge is -2.09. The van der Waals surface area contributed by atoms with E-state index < -0.39 is 0 Å². The van der Waals surface area contributed by atoms with Crippen molar-refractivity contribution in [3.05, 3.63) is 52.5 Å². The van der Waals surface area contributed by atoms with Gasteiger partial charge in [-0.1, -0.05) is 28.1 Å². The lowest BCUT2D eigenvalue weighted by Crippen LogP contribution is -1.90. The molecule has 0 saturated heterocycles. The van der Waals surface area contributed by atoms with Crippen LogP contribution in [0.15, 0.2) is 51.8 Å². The molecular weight excluding hydrogens is 310 g/mol. The molecule has 0 atom stereocenters. The lowest BCUT2D eigenvalue weighted by molar-refractivity contribution is 0.405. The van der Waals surface area contributed by atoms with Gasteiger partial charge in [0.05, 0.1) is 7.11 Å². The first-order valence-electron chi connectivity index (χ1n) is 5.50. The van der Waals surface area contributed by atoms with Gasteiger partial charge in [-0.25, -0.2) is 0 Å². The van der Waals surface area contributed by atoms with E-state index in [1.165, 1.54) is 5.56 Å². The number of anilines is 1. The standard InChI is InChI=1S/C14H14BrNOS/c1-17-13-8-12(16)5-6-14(13)18-9-10-3-2-4-11(15)7-10/h2-8H,9,16H2,1H3. The second-order valence-electron chi connectivity index (χ2n) is 3.83. The molecule has 0 aliphatic rings. The number of hydrogen-bond donors (Lipinski definition) is 1. The monoisotopic (exact) mass is 323 g/mol. The normalized spacial score (nSPS) is 10.3. The van der Waals surface area contributed by atoms with E-state index >= 15 is 0 Å². The minimum absolute atomic E-state index is 0.721. The molecule has 94 valence electrons. The number of thioether (sulfide) groups is 1. The van der Waals surface area contributed by atoms with E-state index in [-0.39, 0.29) is 0 Å². The summed E-state index contributed by atoms with van der Waals surface area (Å²) in [5, 5.41) is 0. The van der Waals surface area contributed by atoms with Gasteiger partial charge >= 0.3 is 0 Å². The minimum Gasteiger partial charge on any atom is -0.496 e. The number of halogens is 1. The van der Waals surface area contributed by atoms with Crippen LogP contribution in [-0.4, -0.2) is 7.11 Å². The molecule has 0 aromatic heterocycles. The Morgan fingerprint density at radius 2 is 2.06 bits per heavy atom. The highest BCUT2D eigenvalue weighted by atomic mass is 79.9. The Morgan fingerprint density at radius 3 is 2.78 bits per heavy atom. The predicted molar refractivity (Wildman–Crippen MR) is 81.1 cm³/mol. The molecule has 2 aromatic carbocycles. The van der Waals surface area contributed by atoms with Gasteiger partial charge < -0.3 is 10.5 Å². The molecule has 0 amide bonds. The molecule has 2 nitrogen and oxygen atoms in total. The Hall–Kier alpha value is -1.13. The Morgan fingerprint density at radius 1 is 1.22 bits per heavy atom. The molecule has 2 aromatic rings. The highest BCUT2D eigenvalue weighted by molar-refractivity contribution is 9.10. The highest BCUT2D eigenvalue weighted by Gasteiger charge is 2.04. The van der Waals surface area contributed by atoms with Crippen LogP contribution in [0.5, 0.6) is 5.75 Å². The number of methoxy groups -OCH3 is 1. The molecule has 4 heteroatoms. The van der Waals surface area contributed by atoms with Crippen LogP contribution in [0.4, 0.5) is 5.69 Å². The zero-order chi connectivity index (χ0) is 13.0. The lowest BCUT2D eigenvalue weighted by atomic mass is 10.2. The molecule has 0 aliphatic heterocycles. The topological polar surface area (TPSA) is 35.2 Å². The Bertz CT molecular complexity index is 545. The predicted octanol–water partition coefficient (Wildman–Crippen LogP) is 4.33. The van der Waals surface area contributed by atoms with Crippen LogP contribution in [0.25, 0.3) is 0 Å². The van der Waals surface area contributed by atoms with E-state index in [0.717, 1.165) is 26.6 Å². The first-order valence-corrected chi connectivity index (χ1v) is 7.27. The van der Waals surface area contributed by atoms with E-state index in [0.29, 0.717) is 0 Å². The average molecular weight is 324 g/mol. The maximum absolute atomic E-state index is 5.73. The van der Waals surface area contributed by atoms with Gasteiger partial charge in [0.25, 0.3) is 0 Å². The largest absolute Gasteiger partial charge is 0.496 e. The number of rotatable bonds is 4. The molecule has 2 N–H and O–H groups in total. The molecule has 0 unspecified atom stereocenters. The van der Waals surface area contributed by atoms with Gasteiger partial charge in [0.15, 0.2) is 0 Å². The van der Waals surface area contributed by atoms with E-state index in [1.807, 2.05) is 30.3 Å². The molecular formula is C14H14BrNOS. The van der Waals surface area contributed by atoms with E-state index in [9.17, 15) is 0 Å². The van der Waals surface area contributed by atoms with Gasteiger partial charge in [-0.15, -0.1) is 11.8 Å². The SMILES string of the molecule is COc1cc(N)ccc1SCc1cccc(Br)c1. The first kappa shape index (κ1) is 13.3. The quantitative estimate of drug-likeness (QED) is 0.671. The summed E-state index contributed by atoms with van der Waals surface area (Å²) in [6.07, 6.45) is 0. The van der Waals surface area contributed by atoms with Crippen LogP contribution in [-0.2, 0) is 5.75 Å². The highest BCUT2D eigenvalue weighted by Crippen LogP contribution is 2.33. The molecule has 0 fully saturated rings. The van der Waals surface area contributed by atoms with Gasteiger partial charge in [0.1, 0.15) is 5.75 Å². The first-order chi connectivity index (χ1) is 8.69. The Balaban J connectivity index is 2.10. The summed E-state index contributed by atoms with van der Waals surface area (Å²) in [6.45, 7) is 0. The molecule has 2 rings (SSSR count). The van der Waals surface area contributed by atoms with E-state index in [1.54, 1.807) is 18.9 Å². The molecule has 0 spiro atoms. The fraction of sp³-hybridized carbons (Fsp3) is 0.143. The molecule has 0 saturated carbocycles. The summed E-state index contributed by atoms with van der Waals surface area (Å²) in [5.74, 6) is 1.73. The number of nitrogen functional groups attached to an aromatic ring is 1. The van der Waals surface area contributed by atoms with Gasteiger partial charge in [-0.3, -0.25) is 0 Å². The van der Waals surface area contributed by atoms with Crippen molar-refractivity contribution in [1.29, 1.82) is 0 Å². The summed E-state index contributed by atoms with van der Waals surface area (Å²) in [7, 11) is 1.66. The van der Waals surface area contributed by atoms with Crippen LogP contribution in [0.2, 0.25) is 0 Å². The summed E-state index contributed by atoms with van der Waals surface area (Å²) in [6, 6.07) is 14.0. The summed E-state index contributed by atoms with van der Waals surface area (Å²) in [4.78, 5) is 1.10. The maximum Gasteiger partial charge on any atom is 0.134 e. The number of hydrogen-bond acceptors (Lipinski definition) is 3. The molecule has 0 aliphatic carbocycles. The Labute approximate surface area is 120 Å². The zero-order valence-corrected chi connectivity index (χ0v) is 12.4. The van der Waals surface area contributed by atoms with Crippen molar-refractivity contribution in [3.8, 4) is 5.75 Å². The minimum atomic E-state index is 0.721. The number of benzene rings is 2. The Kier molecular flexibility index (Phi) is 4.55. The van der Waals surface area contributed by atoms with Crippen LogP contribution in [0, 0.1) is 0 Å². The third-order valence-corrected chi connectivity index (χ3v) is 4.09. The molecule has 0 heterocycles. The van der Waals surface area contributed by atoms with Crippen molar-refractivity contribution < 1.29 is 4.74 Å². The third kappa shape index (κ3) is 3.43. The van der Waals surface area contributed by atoms with E-state index in [2.05, 4.69) is 28.1 Å². The smallest absolute Gasteiger partial charge is 0.134 e. The van der Waals surface area contributed by atoms with Gasteiger partial charge in [0.2, 0.25) is 0 Å². The van der Waals surface area contributed by atoms with E-state index in [4.69, 9.17) is 10.5 Å². The fourth-order valence-corrected chi connectivity index (χ4v) is 2.99. The van der Waals surface area contributed by atoms with Crippen LogP contribution >= 0.6 is 27.7 Å². The van der Waals surface area contributed by atoms with Crippen molar-refractivity contribution >= 4 is 33.4 Å². The van der Waals surface area contributed by atoms with Crippen molar-refractivity contribution in [2.24, 2.45) is 0 Å². The van der Waals surface area contributed by atoms with Gasteiger partial charge in [-0.2, -0.15) is 0 Å². The molecule has 18 heavy (non-hydrogen) atoms. The van der Waals surface area contributed by atoms with Gasteiger partial charge in [0, 0.05) is 26.9 Å². The fourth-order valence-electron chi connectivity index (χ4n) is 1.59. The van der Waals surface area contributed by atoms with Crippen molar-refractivity contribution in [1.82, 2.24) is 0 Å². The maximum atomic E-state index is 5.73. The second-order valence-corrected chi connectivity index (χ2v) is 5.76. The van der Waals surface area contributed by atoms with Crippen molar-refractivity contribution in [2.45, 2.75) is 10.6 Å². The van der Waals surface area contributed by atoms with Crippen molar-refractivity contribution in [2.75, 3.05) is 12.8 Å². The van der Waals surface area contributed by atoms with Crippen molar-refractivity contribution in [3.63, 3.8) is 0 Å². The van der Waals surface area contributed by atoms with Crippen LogP contribution in [0.3, 0.4) is 0 Å². The average Bonchev–Trinajstić information content (AvgIpc) is 2.37. The zero-order valence-electron chi connectivity index (χ0n) is 10.0. The number of nitrogens with two attached hydrogens (primary N) is 1. The third-order valence-electron chi connectivity index (χ3n) is 2.47. The molecule has 0 bridgehead atoms. The summed E-state index contributed by atoms with van der Waals surface area (Å²) in [5.41, 5.74) is 7.73. The van der Waals surface area contributed by atoms with Crippen LogP contribution < -0.4 is 10.5 Å². The van der Waals surface area contributed by atoms with Crippen LogP contribution in [0.1, 0.15) is 5.56 Å². The second kappa shape index (κ2) is 6.16. The van der Waals surface area contributed by atoms with Gasteiger partial charge in [-0.05, 0) is 29.8 Å². The molecule has 0 radical (unpaired) electrons.